The fraction of sp³-hybridized carbons (Fsp3) is 0.706. The van der Waals surface area contributed by atoms with Gasteiger partial charge in [0.15, 0.2) is 0 Å². The average molecular weight is 357 g/mol. The third kappa shape index (κ3) is 9.83. The summed E-state index contributed by atoms with van der Waals surface area (Å²) in [6.07, 6.45) is 2.68. The Balaban J connectivity index is 4.44. The summed E-state index contributed by atoms with van der Waals surface area (Å²) in [5.74, 6) is -1.39. The number of hydrogen-bond acceptors (Lipinski definition) is 7. The highest BCUT2D eigenvalue weighted by atomic mass is 16.6. The van der Waals surface area contributed by atoms with Crippen molar-refractivity contribution in [1.29, 1.82) is 0 Å². The van der Waals surface area contributed by atoms with E-state index in [2.05, 4.69) is 11.3 Å². The van der Waals surface area contributed by atoms with Crippen molar-refractivity contribution in [2.75, 3.05) is 20.2 Å². The molecule has 8 nitrogen and oxygen atoms in total. The van der Waals surface area contributed by atoms with Gasteiger partial charge in [-0.05, 0) is 40.0 Å². The molecule has 0 spiro atoms. The summed E-state index contributed by atoms with van der Waals surface area (Å²) in [6, 6.07) is -1.56. The predicted octanol–water partition coefficient (Wildman–Crippen LogP) is 0.341. The third-order valence-electron chi connectivity index (χ3n) is 3.27. The molecule has 0 aliphatic carbocycles. The van der Waals surface area contributed by atoms with Crippen LogP contribution in [0.25, 0.3) is 0 Å². The lowest BCUT2D eigenvalue weighted by molar-refractivity contribution is -0.156. The number of esters is 2. The fourth-order valence-corrected chi connectivity index (χ4v) is 2.02. The summed E-state index contributed by atoms with van der Waals surface area (Å²) in [6.45, 7) is 8.86. The first-order valence-corrected chi connectivity index (χ1v) is 8.22. The zero-order valence-electron chi connectivity index (χ0n) is 15.6. The Labute approximate surface area is 149 Å². The number of carbonyl (C=O) groups excluding carboxylic acids is 3. The minimum atomic E-state index is -0.796. The van der Waals surface area contributed by atoms with E-state index in [-0.39, 0.29) is 19.0 Å². The van der Waals surface area contributed by atoms with Crippen LogP contribution in [0.1, 0.15) is 40.0 Å². The lowest BCUT2D eigenvalue weighted by Gasteiger charge is -2.24. The molecule has 8 heteroatoms. The Morgan fingerprint density at radius 2 is 1.72 bits per heavy atom. The fourth-order valence-electron chi connectivity index (χ4n) is 2.02. The molecule has 0 aromatic carbocycles. The van der Waals surface area contributed by atoms with Crippen molar-refractivity contribution in [3.8, 4) is 0 Å². The molecule has 0 aliphatic heterocycles. The highest BCUT2D eigenvalue weighted by Gasteiger charge is 2.25. The highest BCUT2D eigenvalue weighted by molar-refractivity contribution is 5.85. The summed E-state index contributed by atoms with van der Waals surface area (Å²) >= 11 is 0. The number of methoxy groups -OCH3 is 1. The smallest absolute Gasteiger partial charge is 0.325 e. The maximum atomic E-state index is 12.3. The molecule has 1 unspecified atom stereocenters. The SMILES string of the molecule is C=CCN(CC(=O)OC)C(=O)[C@H](N)CCCC(N)C(=O)OC(C)(C)C. The molecular formula is C17H31N3O5. The molecule has 0 heterocycles. The molecule has 0 fully saturated rings. The van der Waals surface area contributed by atoms with Gasteiger partial charge in [0.2, 0.25) is 5.91 Å². The van der Waals surface area contributed by atoms with Crippen LogP contribution in [0.5, 0.6) is 0 Å². The van der Waals surface area contributed by atoms with Crippen LogP contribution in [0.3, 0.4) is 0 Å². The summed E-state index contributed by atoms with van der Waals surface area (Å²) in [5, 5.41) is 0. The Bertz CT molecular complexity index is 473. The van der Waals surface area contributed by atoms with Crippen molar-refractivity contribution in [2.45, 2.75) is 57.7 Å². The minimum absolute atomic E-state index is 0.188. The Morgan fingerprint density at radius 1 is 1.16 bits per heavy atom. The second-order valence-corrected chi connectivity index (χ2v) is 6.76. The predicted molar refractivity (Wildman–Crippen MR) is 94.4 cm³/mol. The second-order valence-electron chi connectivity index (χ2n) is 6.76. The van der Waals surface area contributed by atoms with Crippen LogP contribution in [-0.2, 0) is 23.9 Å². The molecule has 0 aliphatic rings. The molecule has 1 amide bonds. The van der Waals surface area contributed by atoms with Gasteiger partial charge < -0.3 is 25.8 Å². The molecule has 144 valence electrons. The summed E-state index contributed by atoms with van der Waals surface area (Å²) in [4.78, 5) is 36.7. The first-order chi connectivity index (χ1) is 11.5. The van der Waals surface area contributed by atoms with Gasteiger partial charge in [0, 0.05) is 6.54 Å². The average Bonchev–Trinajstić information content (AvgIpc) is 2.51. The summed E-state index contributed by atoms with van der Waals surface area (Å²) < 4.78 is 9.76. The van der Waals surface area contributed by atoms with Gasteiger partial charge in [-0.1, -0.05) is 6.08 Å². The number of rotatable bonds is 10. The van der Waals surface area contributed by atoms with Gasteiger partial charge in [-0.2, -0.15) is 0 Å². The summed E-state index contributed by atoms with van der Waals surface area (Å²) in [5.41, 5.74) is 11.1. The largest absolute Gasteiger partial charge is 0.468 e. The van der Waals surface area contributed by atoms with Gasteiger partial charge in [-0.25, -0.2) is 0 Å². The molecule has 0 aromatic rings. The molecule has 0 aromatic heterocycles. The normalized spacial score (nSPS) is 13.5. The van der Waals surface area contributed by atoms with Crippen LogP contribution >= 0.6 is 0 Å². The van der Waals surface area contributed by atoms with Crippen LogP contribution in [0.4, 0.5) is 0 Å². The van der Waals surface area contributed by atoms with Crippen molar-refractivity contribution >= 4 is 17.8 Å². The zero-order valence-corrected chi connectivity index (χ0v) is 15.6. The molecule has 0 saturated carbocycles. The molecule has 4 N–H and O–H groups in total. The molecule has 0 bridgehead atoms. The number of ether oxygens (including phenoxy) is 2. The first-order valence-electron chi connectivity index (χ1n) is 8.22. The van der Waals surface area contributed by atoms with Gasteiger partial charge >= 0.3 is 11.9 Å². The Morgan fingerprint density at radius 3 is 2.20 bits per heavy atom. The van der Waals surface area contributed by atoms with E-state index in [1.807, 2.05) is 0 Å². The Hall–Kier alpha value is -1.93. The van der Waals surface area contributed by atoms with Crippen LogP contribution in [0.15, 0.2) is 12.7 Å². The van der Waals surface area contributed by atoms with Crippen LogP contribution < -0.4 is 11.5 Å². The van der Waals surface area contributed by atoms with Gasteiger partial charge in [0.05, 0.1) is 13.2 Å². The lowest BCUT2D eigenvalue weighted by atomic mass is 10.0. The number of nitrogens with zero attached hydrogens (tertiary/aromatic N) is 1. The minimum Gasteiger partial charge on any atom is -0.468 e. The van der Waals surface area contributed by atoms with Crippen LogP contribution in [0.2, 0.25) is 0 Å². The maximum absolute atomic E-state index is 12.3. The van der Waals surface area contributed by atoms with E-state index in [9.17, 15) is 14.4 Å². The van der Waals surface area contributed by atoms with E-state index in [0.29, 0.717) is 19.3 Å². The van der Waals surface area contributed by atoms with Gasteiger partial charge in [-0.3, -0.25) is 14.4 Å². The van der Waals surface area contributed by atoms with E-state index in [1.54, 1.807) is 20.8 Å². The second kappa shape index (κ2) is 10.8. The van der Waals surface area contributed by atoms with Gasteiger partial charge in [0.1, 0.15) is 18.2 Å². The van der Waals surface area contributed by atoms with Crippen molar-refractivity contribution in [3.63, 3.8) is 0 Å². The van der Waals surface area contributed by atoms with E-state index < -0.39 is 29.6 Å². The van der Waals surface area contributed by atoms with E-state index in [0.717, 1.165) is 0 Å². The highest BCUT2D eigenvalue weighted by Crippen LogP contribution is 2.11. The molecule has 0 rings (SSSR count). The van der Waals surface area contributed by atoms with E-state index >= 15 is 0 Å². The van der Waals surface area contributed by atoms with E-state index in [1.165, 1.54) is 18.1 Å². The van der Waals surface area contributed by atoms with Crippen molar-refractivity contribution in [1.82, 2.24) is 4.90 Å². The van der Waals surface area contributed by atoms with Gasteiger partial charge in [-0.15, -0.1) is 6.58 Å². The third-order valence-corrected chi connectivity index (χ3v) is 3.27. The molecule has 25 heavy (non-hydrogen) atoms. The van der Waals surface area contributed by atoms with Crippen LogP contribution in [0, 0.1) is 0 Å². The maximum Gasteiger partial charge on any atom is 0.325 e. The van der Waals surface area contributed by atoms with Crippen molar-refractivity contribution < 1.29 is 23.9 Å². The standard InChI is InChI=1S/C17H31N3O5/c1-6-10-20(11-14(21)24-5)15(22)12(18)8-7-9-13(19)16(23)25-17(2,3)4/h6,12-13H,1,7-11,18-19H2,2-5H3/t12-,13?/m1/s1. The lowest BCUT2D eigenvalue weighted by Crippen LogP contribution is -2.46. The summed E-state index contributed by atoms with van der Waals surface area (Å²) in [7, 11) is 1.25. The first kappa shape index (κ1) is 23.1. The van der Waals surface area contributed by atoms with Crippen molar-refractivity contribution in [3.05, 3.63) is 12.7 Å². The number of nitrogens with two attached hydrogens (primary N) is 2. The molecule has 2 atom stereocenters. The zero-order chi connectivity index (χ0) is 19.6. The number of hydrogen-bond donors (Lipinski definition) is 2. The molecule has 0 saturated heterocycles. The topological polar surface area (TPSA) is 125 Å². The van der Waals surface area contributed by atoms with Gasteiger partial charge in [0.25, 0.3) is 0 Å². The number of carbonyl (C=O) groups is 3. The van der Waals surface area contributed by atoms with Crippen molar-refractivity contribution in [2.24, 2.45) is 11.5 Å². The monoisotopic (exact) mass is 357 g/mol. The number of amides is 1. The van der Waals surface area contributed by atoms with Crippen LogP contribution in [-0.4, -0.2) is 60.6 Å². The molecular weight excluding hydrogens is 326 g/mol. The Kier molecular flexibility index (Phi) is 10.00. The quantitative estimate of drug-likeness (QED) is 0.426. The van der Waals surface area contributed by atoms with E-state index in [4.69, 9.17) is 16.2 Å². The molecule has 0 radical (unpaired) electrons.